The molecule has 7 heteroatoms. The van der Waals surface area contributed by atoms with Crippen molar-refractivity contribution in [3.8, 4) is 0 Å². The van der Waals surface area contributed by atoms with E-state index in [1.807, 2.05) is 13.0 Å². The highest BCUT2D eigenvalue weighted by Gasteiger charge is 2.14. The third-order valence-electron chi connectivity index (χ3n) is 3.65. The predicted octanol–water partition coefficient (Wildman–Crippen LogP) is 5.57. The zero-order chi connectivity index (χ0) is 19.3. The SMILES string of the molecule is Cc1ccc(Cl)c(Nc2ccccc2C(=O)CC/C=C/S(C)(=O)=O)c1Cl. The highest BCUT2D eigenvalue weighted by molar-refractivity contribution is 7.93. The van der Waals surface area contributed by atoms with Crippen molar-refractivity contribution in [2.75, 3.05) is 11.6 Å². The molecule has 4 nitrogen and oxygen atoms in total. The van der Waals surface area contributed by atoms with Crippen LogP contribution in [0.15, 0.2) is 47.9 Å². The van der Waals surface area contributed by atoms with Crippen molar-refractivity contribution in [1.82, 2.24) is 0 Å². The van der Waals surface area contributed by atoms with E-state index >= 15 is 0 Å². The number of anilines is 2. The number of carbonyl (C=O) groups excluding carboxylic acids is 1. The van der Waals surface area contributed by atoms with E-state index in [2.05, 4.69) is 5.32 Å². The standard InChI is InChI=1S/C19H19Cl2NO3S/c1-13-10-11-15(20)19(18(13)21)22-16-8-4-3-7-14(16)17(23)9-5-6-12-26(2,24)25/h3-4,6-8,10-12,22H,5,9H2,1-2H3/b12-6+. The fourth-order valence-corrected chi connectivity index (χ4v) is 3.28. The Morgan fingerprint density at radius 1 is 1.15 bits per heavy atom. The zero-order valence-electron chi connectivity index (χ0n) is 14.4. The Morgan fingerprint density at radius 3 is 2.54 bits per heavy atom. The summed E-state index contributed by atoms with van der Waals surface area (Å²) in [5.41, 5.74) is 2.51. The molecular weight excluding hydrogens is 393 g/mol. The Balaban J connectivity index is 2.22. The molecule has 0 heterocycles. The Labute approximate surface area is 163 Å². The van der Waals surface area contributed by atoms with Crippen molar-refractivity contribution in [3.63, 3.8) is 0 Å². The first-order chi connectivity index (χ1) is 12.2. The van der Waals surface area contributed by atoms with E-state index < -0.39 is 9.84 Å². The highest BCUT2D eigenvalue weighted by Crippen LogP contribution is 2.36. The summed E-state index contributed by atoms with van der Waals surface area (Å²) >= 11 is 12.6. The van der Waals surface area contributed by atoms with Gasteiger partial charge in [0.15, 0.2) is 15.6 Å². The van der Waals surface area contributed by atoms with Gasteiger partial charge in [-0.2, -0.15) is 0 Å². The summed E-state index contributed by atoms with van der Waals surface area (Å²) in [4.78, 5) is 12.5. The highest BCUT2D eigenvalue weighted by atomic mass is 35.5. The summed E-state index contributed by atoms with van der Waals surface area (Å²) in [6.07, 6.45) is 3.13. The average molecular weight is 412 g/mol. The minimum absolute atomic E-state index is 0.105. The van der Waals surface area contributed by atoms with E-state index in [1.165, 1.54) is 6.08 Å². The van der Waals surface area contributed by atoms with Crippen molar-refractivity contribution >= 4 is 50.2 Å². The van der Waals surface area contributed by atoms with Gasteiger partial charge in [-0.25, -0.2) is 8.42 Å². The van der Waals surface area contributed by atoms with Gasteiger partial charge in [-0.15, -0.1) is 0 Å². The van der Waals surface area contributed by atoms with Crippen LogP contribution in [0.4, 0.5) is 11.4 Å². The lowest BCUT2D eigenvalue weighted by Crippen LogP contribution is -2.04. The second-order valence-electron chi connectivity index (χ2n) is 5.89. The molecule has 26 heavy (non-hydrogen) atoms. The van der Waals surface area contributed by atoms with E-state index in [0.717, 1.165) is 17.2 Å². The molecule has 1 N–H and O–H groups in total. The van der Waals surface area contributed by atoms with Crippen LogP contribution >= 0.6 is 23.2 Å². The topological polar surface area (TPSA) is 63.2 Å². The number of rotatable bonds is 7. The maximum absolute atomic E-state index is 12.5. The normalized spacial score (nSPS) is 11.7. The van der Waals surface area contributed by atoms with Crippen LogP contribution in [0, 0.1) is 6.92 Å². The van der Waals surface area contributed by atoms with Crippen LogP contribution in [-0.4, -0.2) is 20.5 Å². The molecule has 2 aromatic carbocycles. The summed E-state index contributed by atoms with van der Waals surface area (Å²) < 4.78 is 22.2. The summed E-state index contributed by atoms with van der Waals surface area (Å²) in [7, 11) is -3.18. The number of ketones is 1. The molecule has 0 saturated heterocycles. The van der Waals surface area contributed by atoms with Gasteiger partial charge in [0.2, 0.25) is 0 Å². The summed E-state index contributed by atoms with van der Waals surface area (Å²) in [6, 6.07) is 10.6. The maximum atomic E-state index is 12.5. The first-order valence-electron chi connectivity index (χ1n) is 7.89. The molecule has 0 amide bonds. The fourth-order valence-electron chi connectivity index (χ4n) is 2.33. The molecule has 0 atom stereocenters. The van der Waals surface area contributed by atoms with Crippen LogP contribution in [-0.2, 0) is 9.84 Å². The number of sulfone groups is 1. The summed E-state index contributed by atoms with van der Waals surface area (Å²) in [6.45, 7) is 1.87. The van der Waals surface area contributed by atoms with Gasteiger partial charge in [-0.05, 0) is 37.1 Å². The lowest BCUT2D eigenvalue weighted by Gasteiger charge is -2.15. The van der Waals surface area contributed by atoms with Gasteiger partial charge in [0.05, 0.1) is 15.7 Å². The molecule has 0 radical (unpaired) electrons. The molecule has 0 aromatic heterocycles. The van der Waals surface area contributed by atoms with Gasteiger partial charge in [0.25, 0.3) is 0 Å². The van der Waals surface area contributed by atoms with Crippen LogP contribution in [0.5, 0.6) is 0 Å². The summed E-state index contributed by atoms with van der Waals surface area (Å²) in [5.74, 6) is -0.105. The Hall–Kier alpha value is -1.82. The largest absolute Gasteiger partial charge is 0.352 e. The number of nitrogens with one attached hydrogen (secondary N) is 1. The molecular formula is C19H19Cl2NO3S. The second kappa shape index (κ2) is 8.71. The average Bonchev–Trinajstić information content (AvgIpc) is 2.58. The number of allylic oxidation sites excluding steroid dienone is 1. The zero-order valence-corrected chi connectivity index (χ0v) is 16.8. The van der Waals surface area contributed by atoms with E-state index in [-0.39, 0.29) is 12.2 Å². The van der Waals surface area contributed by atoms with Crippen molar-refractivity contribution in [1.29, 1.82) is 0 Å². The maximum Gasteiger partial charge on any atom is 0.168 e. The Kier molecular flexibility index (Phi) is 6.87. The minimum atomic E-state index is -3.18. The Morgan fingerprint density at radius 2 is 1.85 bits per heavy atom. The monoisotopic (exact) mass is 411 g/mol. The van der Waals surface area contributed by atoms with Crippen LogP contribution in [0.1, 0.15) is 28.8 Å². The predicted molar refractivity (Wildman–Crippen MR) is 108 cm³/mol. The lowest BCUT2D eigenvalue weighted by atomic mass is 10.0. The molecule has 2 aromatic rings. The molecule has 0 aliphatic rings. The van der Waals surface area contributed by atoms with Gasteiger partial charge < -0.3 is 5.32 Å². The van der Waals surface area contributed by atoms with E-state index in [1.54, 1.807) is 30.3 Å². The first kappa shape index (κ1) is 20.5. The van der Waals surface area contributed by atoms with Crippen LogP contribution in [0.3, 0.4) is 0 Å². The molecule has 2 rings (SSSR count). The number of Topliss-reactive ketones (excluding diaryl/α,β-unsaturated/α-hetero) is 1. The van der Waals surface area contributed by atoms with Crippen LogP contribution < -0.4 is 5.32 Å². The van der Waals surface area contributed by atoms with E-state index in [0.29, 0.717) is 33.4 Å². The van der Waals surface area contributed by atoms with E-state index in [9.17, 15) is 13.2 Å². The fraction of sp³-hybridized carbons (Fsp3) is 0.211. The van der Waals surface area contributed by atoms with E-state index in [4.69, 9.17) is 23.2 Å². The molecule has 138 valence electrons. The smallest absolute Gasteiger partial charge is 0.168 e. The molecule has 0 aliphatic carbocycles. The van der Waals surface area contributed by atoms with Gasteiger partial charge in [0.1, 0.15) is 0 Å². The second-order valence-corrected chi connectivity index (χ2v) is 8.60. The van der Waals surface area contributed by atoms with Gasteiger partial charge in [0, 0.05) is 29.3 Å². The third kappa shape index (κ3) is 5.59. The molecule has 0 fully saturated rings. The van der Waals surface area contributed by atoms with Crippen molar-refractivity contribution in [2.24, 2.45) is 0 Å². The van der Waals surface area contributed by atoms with Gasteiger partial charge in [-0.1, -0.05) is 47.5 Å². The van der Waals surface area contributed by atoms with Crippen molar-refractivity contribution in [3.05, 3.63) is 69.1 Å². The quantitative estimate of drug-likeness (QED) is 0.605. The third-order valence-corrected chi connectivity index (χ3v) is 5.14. The van der Waals surface area contributed by atoms with Crippen molar-refractivity contribution in [2.45, 2.75) is 19.8 Å². The molecule has 0 saturated carbocycles. The number of halogens is 2. The minimum Gasteiger partial charge on any atom is -0.352 e. The number of aryl methyl sites for hydroxylation is 1. The number of hydrogen-bond acceptors (Lipinski definition) is 4. The van der Waals surface area contributed by atoms with Crippen LogP contribution in [0.2, 0.25) is 10.0 Å². The number of para-hydroxylation sites is 1. The molecule has 0 spiro atoms. The summed E-state index contributed by atoms with van der Waals surface area (Å²) in [5, 5.41) is 5.21. The number of benzene rings is 2. The first-order valence-corrected chi connectivity index (χ1v) is 10.6. The molecule has 0 aliphatic heterocycles. The molecule has 0 unspecified atom stereocenters. The molecule has 0 bridgehead atoms. The number of carbonyl (C=O) groups is 1. The van der Waals surface area contributed by atoms with Crippen molar-refractivity contribution < 1.29 is 13.2 Å². The van der Waals surface area contributed by atoms with Crippen LogP contribution in [0.25, 0.3) is 0 Å². The lowest BCUT2D eigenvalue weighted by molar-refractivity contribution is 0.0984. The Bertz CT molecular complexity index is 953. The van der Waals surface area contributed by atoms with Gasteiger partial charge >= 0.3 is 0 Å². The number of hydrogen-bond donors (Lipinski definition) is 1. The van der Waals surface area contributed by atoms with Gasteiger partial charge in [-0.3, -0.25) is 4.79 Å².